The summed E-state index contributed by atoms with van der Waals surface area (Å²) in [6.45, 7) is 0. The summed E-state index contributed by atoms with van der Waals surface area (Å²) < 4.78 is 5.61. The van der Waals surface area contributed by atoms with E-state index in [0.29, 0.717) is 10.6 Å². The summed E-state index contributed by atoms with van der Waals surface area (Å²) in [7, 11) is 0. The highest BCUT2D eigenvalue weighted by Crippen LogP contribution is 2.32. The SMILES string of the molecule is O=C(O)c1ncsc1-c1cc2ccccc2o1. The predicted molar refractivity (Wildman–Crippen MR) is 64.3 cm³/mol. The molecule has 1 aromatic carbocycles. The Kier molecular flexibility index (Phi) is 2.19. The molecule has 1 N–H and O–H groups in total. The van der Waals surface area contributed by atoms with E-state index in [-0.39, 0.29) is 5.69 Å². The van der Waals surface area contributed by atoms with Crippen LogP contribution >= 0.6 is 11.3 Å². The van der Waals surface area contributed by atoms with Crippen LogP contribution in [0.4, 0.5) is 0 Å². The van der Waals surface area contributed by atoms with E-state index >= 15 is 0 Å². The van der Waals surface area contributed by atoms with Crippen LogP contribution < -0.4 is 0 Å². The molecule has 2 heterocycles. The first-order valence-corrected chi connectivity index (χ1v) is 5.79. The van der Waals surface area contributed by atoms with E-state index in [9.17, 15) is 4.79 Å². The van der Waals surface area contributed by atoms with Crippen molar-refractivity contribution in [3.8, 4) is 10.6 Å². The van der Waals surface area contributed by atoms with Gasteiger partial charge in [0, 0.05) is 5.39 Å². The van der Waals surface area contributed by atoms with Crippen LogP contribution in [0, 0.1) is 0 Å². The number of fused-ring (bicyclic) bond motifs is 1. The summed E-state index contributed by atoms with van der Waals surface area (Å²) in [5, 5.41) is 9.94. The molecule has 3 rings (SSSR count). The molecule has 84 valence electrons. The van der Waals surface area contributed by atoms with Crippen molar-refractivity contribution in [3.63, 3.8) is 0 Å². The van der Waals surface area contributed by atoms with Gasteiger partial charge in [0.2, 0.25) is 0 Å². The van der Waals surface area contributed by atoms with E-state index in [0.717, 1.165) is 11.0 Å². The lowest BCUT2D eigenvalue weighted by Gasteiger charge is -1.92. The summed E-state index contributed by atoms with van der Waals surface area (Å²) in [4.78, 5) is 15.3. The van der Waals surface area contributed by atoms with Crippen molar-refractivity contribution < 1.29 is 14.3 Å². The number of hydrogen-bond donors (Lipinski definition) is 1. The second-order valence-corrected chi connectivity index (χ2v) is 4.34. The zero-order valence-electron chi connectivity index (χ0n) is 8.58. The normalized spacial score (nSPS) is 10.8. The van der Waals surface area contributed by atoms with Crippen LogP contribution in [0.15, 0.2) is 40.3 Å². The maximum absolute atomic E-state index is 11.0. The Morgan fingerprint density at radius 2 is 2.18 bits per heavy atom. The average Bonchev–Trinajstić information content (AvgIpc) is 2.95. The van der Waals surface area contributed by atoms with Crippen LogP contribution in [0.2, 0.25) is 0 Å². The minimum atomic E-state index is -1.04. The fourth-order valence-electron chi connectivity index (χ4n) is 1.67. The lowest BCUT2D eigenvalue weighted by molar-refractivity contribution is 0.0692. The second kappa shape index (κ2) is 3.71. The maximum atomic E-state index is 11.0. The van der Waals surface area contributed by atoms with Crippen LogP contribution in [0.1, 0.15) is 10.5 Å². The fraction of sp³-hybridized carbons (Fsp3) is 0. The molecule has 0 saturated carbocycles. The van der Waals surface area contributed by atoms with Gasteiger partial charge >= 0.3 is 5.97 Å². The van der Waals surface area contributed by atoms with Crippen molar-refractivity contribution in [2.75, 3.05) is 0 Å². The summed E-state index contributed by atoms with van der Waals surface area (Å²) in [5.74, 6) is -0.493. The van der Waals surface area contributed by atoms with Gasteiger partial charge < -0.3 is 9.52 Å². The Bertz CT molecular complexity index is 665. The lowest BCUT2D eigenvalue weighted by Crippen LogP contribution is -1.97. The standard InChI is InChI=1S/C12H7NO3S/c14-12(15)10-11(17-6-13-10)9-5-7-3-1-2-4-8(7)16-9/h1-6H,(H,14,15). The topological polar surface area (TPSA) is 63.3 Å². The number of benzene rings is 1. The molecule has 0 amide bonds. The van der Waals surface area contributed by atoms with Gasteiger partial charge in [-0.3, -0.25) is 0 Å². The summed E-state index contributed by atoms with van der Waals surface area (Å²) in [6.07, 6.45) is 0. The Morgan fingerprint density at radius 3 is 2.94 bits per heavy atom. The van der Waals surface area contributed by atoms with Gasteiger partial charge in [0.25, 0.3) is 0 Å². The number of rotatable bonds is 2. The molecule has 3 aromatic rings. The van der Waals surface area contributed by atoms with Crippen LogP contribution in [-0.4, -0.2) is 16.1 Å². The molecule has 0 radical (unpaired) electrons. The zero-order chi connectivity index (χ0) is 11.8. The Hall–Kier alpha value is -2.14. The molecular formula is C12H7NO3S. The first-order chi connectivity index (χ1) is 8.25. The molecule has 0 aliphatic carbocycles. The van der Waals surface area contributed by atoms with Crippen molar-refractivity contribution in [1.29, 1.82) is 0 Å². The minimum Gasteiger partial charge on any atom is -0.476 e. The first kappa shape index (κ1) is 10.0. The monoisotopic (exact) mass is 245 g/mol. The second-order valence-electron chi connectivity index (χ2n) is 3.48. The van der Waals surface area contributed by atoms with Crippen molar-refractivity contribution in [3.05, 3.63) is 41.5 Å². The number of thiazole rings is 1. The summed E-state index contributed by atoms with van der Waals surface area (Å²) in [6, 6.07) is 9.38. The van der Waals surface area contributed by atoms with E-state index in [1.807, 2.05) is 30.3 Å². The molecule has 0 bridgehead atoms. The molecule has 0 saturated heterocycles. The van der Waals surface area contributed by atoms with Crippen molar-refractivity contribution in [2.45, 2.75) is 0 Å². The van der Waals surface area contributed by atoms with Gasteiger partial charge in [-0.05, 0) is 12.1 Å². The smallest absolute Gasteiger partial charge is 0.356 e. The van der Waals surface area contributed by atoms with Crippen LogP contribution in [0.5, 0.6) is 0 Å². The van der Waals surface area contributed by atoms with Gasteiger partial charge in [-0.1, -0.05) is 18.2 Å². The summed E-state index contributed by atoms with van der Waals surface area (Å²) >= 11 is 1.26. The highest BCUT2D eigenvalue weighted by molar-refractivity contribution is 7.13. The molecule has 0 unspecified atom stereocenters. The average molecular weight is 245 g/mol. The third-order valence-corrected chi connectivity index (χ3v) is 3.26. The van der Waals surface area contributed by atoms with E-state index in [1.165, 1.54) is 16.8 Å². The number of hydrogen-bond acceptors (Lipinski definition) is 4. The molecule has 0 atom stereocenters. The van der Waals surface area contributed by atoms with Gasteiger partial charge in [-0.25, -0.2) is 9.78 Å². The highest BCUT2D eigenvalue weighted by Gasteiger charge is 2.18. The summed E-state index contributed by atoms with van der Waals surface area (Å²) in [5.41, 5.74) is 2.28. The molecule has 5 heteroatoms. The van der Waals surface area contributed by atoms with Gasteiger partial charge in [0.1, 0.15) is 16.2 Å². The number of para-hydroxylation sites is 1. The van der Waals surface area contributed by atoms with Gasteiger partial charge in [-0.2, -0.15) is 0 Å². The molecule has 4 nitrogen and oxygen atoms in total. The number of nitrogens with zero attached hydrogens (tertiary/aromatic N) is 1. The Balaban J connectivity index is 2.20. The third kappa shape index (κ3) is 1.60. The number of aromatic carboxylic acids is 1. The van der Waals surface area contributed by atoms with Gasteiger partial charge in [0.15, 0.2) is 5.69 Å². The molecule has 0 fully saturated rings. The first-order valence-electron chi connectivity index (χ1n) is 4.91. The number of carbonyl (C=O) groups is 1. The fourth-order valence-corrected chi connectivity index (χ4v) is 2.40. The van der Waals surface area contributed by atoms with Crippen molar-refractivity contribution in [1.82, 2.24) is 4.98 Å². The van der Waals surface area contributed by atoms with E-state index in [1.54, 1.807) is 0 Å². The van der Waals surface area contributed by atoms with Crippen molar-refractivity contribution >= 4 is 28.3 Å². The molecule has 0 aliphatic heterocycles. The minimum absolute atomic E-state index is 0.0362. The van der Waals surface area contributed by atoms with Crippen LogP contribution in [-0.2, 0) is 0 Å². The largest absolute Gasteiger partial charge is 0.476 e. The molecular weight excluding hydrogens is 238 g/mol. The Labute approximate surface area is 100 Å². The van der Waals surface area contributed by atoms with Gasteiger partial charge in [0.05, 0.1) is 5.51 Å². The molecule has 0 spiro atoms. The number of carboxylic acids is 1. The lowest BCUT2D eigenvalue weighted by atomic mass is 10.2. The van der Waals surface area contributed by atoms with E-state index in [4.69, 9.17) is 9.52 Å². The highest BCUT2D eigenvalue weighted by atomic mass is 32.1. The quantitative estimate of drug-likeness (QED) is 0.752. The third-order valence-electron chi connectivity index (χ3n) is 2.42. The zero-order valence-corrected chi connectivity index (χ0v) is 9.40. The van der Waals surface area contributed by atoms with E-state index < -0.39 is 5.97 Å². The van der Waals surface area contributed by atoms with E-state index in [2.05, 4.69) is 4.98 Å². The Morgan fingerprint density at radius 1 is 1.35 bits per heavy atom. The molecule has 0 aliphatic rings. The van der Waals surface area contributed by atoms with Crippen LogP contribution in [0.3, 0.4) is 0 Å². The maximum Gasteiger partial charge on any atom is 0.356 e. The van der Waals surface area contributed by atoms with Crippen molar-refractivity contribution in [2.24, 2.45) is 0 Å². The predicted octanol–water partition coefficient (Wildman–Crippen LogP) is 3.25. The number of furan rings is 1. The van der Waals surface area contributed by atoms with Crippen LogP contribution in [0.25, 0.3) is 21.6 Å². The number of carboxylic acid groups (broad SMARTS) is 1. The molecule has 2 aromatic heterocycles. The molecule has 17 heavy (non-hydrogen) atoms. The van der Waals surface area contributed by atoms with Gasteiger partial charge in [-0.15, -0.1) is 11.3 Å². The number of aromatic nitrogens is 1.